The molecule has 0 N–H and O–H groups in total. The maximum Gasteiger partial charge on any atom is 0.178 e. The van der Waals surface area contributed by atoms with Gasteiger partial charge in [0.25, 0.3) is 0 Å². The van der Waals surface area contributed by atoms with E-state index in [1.807, 2.05) is 36.4 Å². The average Bonchev–Trinajstić information content (AvgIpc) is 2.46. The smallest absolute Gasteiger partial charge is 0.178 e. The van der Waals surface area contributed by atoms with Crippen LogP contribution in [0.5, 0.6) is 0 Å². The van der Waals surface area contributed by atoms with Gasteiger partial charge in [-0.2, -0.15) is 0 Å². The molecular weight excluding hydrogens is 276 g/mol. The van der Waals surface area contributed by atoms with Crippen molar-refractivity contribution in [1.29, 1.82) is 0 Å². The maximum atomic E-state index is 12.0. The van der Waals surface area contributed by atoms with Crippen LogP contribution in [0.15, 0.2) is 70.5 Å². The van der Waals surface area contributed by atoms with E-state index >= 15 is 0 Å². The van der Waals surface area contributed by atoms with E-state index in [1.54, 1.807) is 36.0 Å². The van der Waals surface area contributed by atoms with Crippen molar-refractivity contribution in [2.75, 3.05) is 11.5 Å². The van der Waals surface area contributed by atoms with Crippen LogP contribution in [-0.4, -0.2) is 19.9 Å². The van der Waals surface area contributed by atoms with Crippen LogP contribution in [-0.2, 0) is 9.84 Å². The van der Waals surface area contributed by atoms with Crippen molar-refractivity contribution in [1.82, 2.24) is 0 Å². The van der Waals surface area contributed by atoms with Crippen molar-refractivity contribution in [2.45, 2.75) is 16.2 Å². The third kappa shape index (κ3) is 4.40. The van der Waals surface area contributed by atoms with Gasteiger partial charge in [-0.15, -0.1) is 11.8 Å². The van der Waals surface area contributed by atoms with Gasteiger partial charge in [0.05, 0.1) is 10.6 Å². The molecule has 0 aliphatic heterocycles. The molecule has 2 aromatic rings. The van der Waals surface area contributed by atoms with Crippen LogP contribution >= 0.6 is 11.8 Å². The van der Waals surface area contributed by atoms with Gasteiger partial charge in [-0.25, -0.2) is 8.42 Å². The standard InChI is InChI=1S/C15H16O2S2/c16-19(17,15-10-5-2-6-11-15)13-7-12-18-14-8-3-1-4-9-14/h1-6,8-11H,7,12-13H2. The van der Waals surface area contributed by atoms with Crippen molar-refractivity contribution >= 4 is 21.6 Å². The van der Waals surface area contributed by atoms with E-state index in [1.165, 1.54) is 4.90 Å². The molecule has 0 spiro atoms. The van der Waals surface area contributed by atoms with Gasteiger partial charge in [0, 0.05) is 4.90 Å². The van der Waals surface area contributed by atoms with Crippen LogP contribution in [0.1, 0.15) is 6.42 Å². The van der Waals surface area contributed by atoms with Crippen LogP contribution in [0.4, 0.5) is 0 Å². The molecule has 0 atom stereocenters. The fraction of sp³-hybridized carbons (Fsp3) is 0.200. The molecule has 0 unspecified atom stereocenters. The number of hydrogen-bond donors (Lipinski definition) is 0. The molecule has 100 valence electrons. The molecular formula is C15H16O2S2. The molecule has 0 fully saturated rings. The Hall–Kier alpha value is -1.26. The van der Waals surface area contributed by atoms with E-state index in [-0.39, 0.29) is 5.75 Å². The monoisotopic (exact) mass is 292 g/mol. The molecule has 2 rings (SSSR count). The molecule has 2 aromatic carbocycles. The highest BCUT2D eigenvalue weighted by Gasteiger charge is 2.12. The number of rotatable bonds is 6. The summed E-state index contributed by atoms with van der Waals surface area (Å²) >= 11 is 1.69. The van der Waals surface area contributed by atoms with E-state index in [2.05, 4.69) is 0 Å². The van der Waals surface area contributed by atoms with E-state index in [0.717, 1.165) is 5.75 Å². The van der Waals surface area contributed by atoms with Crippen LogP contribution in [0.2, 0.25) is 0 Å². The summed E-state index contributed by atoms with van der Waals surface area (Å²) in [5.74, 6) is 1.02. The second kappa shape index (κ2) is 6.78. The number of sulfone groups is 1. The SMILES string of the molecule is O=S(=O)(CCCSc1ccccc1)c1ccccc1. The summed E-state index contributed by atoms with van der Waals surface area (Å²) in [4.78, 5) is 1.60. The Labute approximate surface area is 118 Å². The Morgan fingerprint density at radius 3 is 2.05 bits per heavy atom. The van der Waals surface area contributed by atoms with Crippen LogP contribution < -0.4 is 0 Å². The predicted molar refractivity (Wildman–Crippen MR) is 80.3 cm³/mol. The second-order valence-electron chi connectivity index (χ2n) is 4.15. The van der Waals surface area contributed by atoms with Crippen molar-refractivity contribution in [3.8, 4) is 0 Å². The lowest BCUT2D eigenvalue weighted by Gasteiger charge is -2.04. The zero-order valence-corrected chi connectivity index (χ0v) is 12.2. The molecule has 0 aliphatic rings. The number of thioether (sulfide) groups is 1. The first-order valence-electron chi connectivity index (χ1n) is 6.14. The quantitative estimate of drug-likeness (QED) is 0.602. The van der Waals surface area contributed by atoms with Gasteiger partial charge in [-0.3, -0.25) is 0 Å². The first-order valence-corrected chi connectivity index (χ1v) is 8.78. The summed E-state index contributed by atoms with van der Waals surface area (Å²) in [6, 6.07) is 18.7. The summed E-state index contributed by atoms with van der Waals surface area (Å²) in [5.41, 5.74) is 0. The molecule has 19 heavy (non-hydrogen) atoms. The van der Waals surface area contributed by atoms with Gasteiger partial charge >= 0.3 is 0 Å². The molecule has 4 heteroatoms. The molecule has 2 nitrogen and oxygen atoms in total. The van der Waals surface area contributed by atoms with E-state index in [9.17, 15) is 8.42 Å². The lowest BCUT2D eigenvalue weighted by molar-refractivity contribution is 0.595. The Kier molecular flexibility index (Phi) is 5.05. The van der Waals surface area contributed by atoms with Gasteiger partial charge < -0.3 is 0 Å². The number of hydrogen-bond acceptors (Lipinski definition) is 3. The molecule has 0 aliphatic carbocycles. The molecule has 0 saturated carbocycles. The Bertz CT molecular complexity index is 593. The summed E-state index contributed by atoms with van der Waals surface area (Å²) in [6.45, 7) is 0. The minimum Gasteiger partial charge on any atom is -0.224 e. The third-order valence-corrected chi connectivity index (χ3v) is 5.59. The normalized spacial score (nSPS) is 11.4. The molecule has 0 bridgehead atoms. The molecule has 0 heterocycles. The van der Waals surface area contributed by atoms with Crippen LogP contribution in [0.25, 0.3) is 0 Å². The van der Waals surface area contributed by atoms with Gasteiger partial charge in [-0.05, 0) is 36.4 Å². The molecule has 0 aromatic heterocycles. The number of benzene rings is 2. The second-order valence-corrected chi connectivity index (χ2v) is 7.42. The summed E-state index contributed by atoms with van der Waals surface area (Å²) < 4.78 is 24.1. The van der Waals surface area contributed by atoms with Gasteiger partial charge in [-0.1, -0.05) is 36.4 Å². The van der Waals surface area contributed by atoms with E-state index in [0.29, 0.717) is 11.3 Å². The lowest BCUT2D eigenvalue weighted by atomic mass is 10.4. The van der Waals surface area contributed by atoms with Gasteiger partial charge in [0.15, 0.2) is 9.84 Å². The van der Waals surface area contributed by atoms with Gasteiger partial charge in [0.1, 0.15) is 0 Å². The van der Waals surface area contributed by atoms with Crippen molar-refractivity contribution in [3.05, 3.63) is 60.7 Å². The Balaban J connectivity index is 1.83. The summed E-state index contributed by atoms with van der Waals surface area (Å²) in [6.07, 6.45) is 0.663. The zero-order valence-electron chi connectivity index (χ0n) is 10.5. The average molecular weight is 292 g/mol. The minimum absolute atomic E-state index is 0.205. The molecule has 0 saturated heterocycles. The fourth-order valence-corrected chi connectivity index (χ4v) is 4.09. The van der Waals surface area contributed by atoms with Gasteiger partial charge in [0.2, 0.25) is 0 Å². The Morgan fingerprint density at radius 1 is 0.842 bits per heavy atom. The lowest BCUT2D eigenvalue weighted by Crippen LogP contribution is -2.07. The minimum atomic E-state index is -3.13. The fourth-order valence-electron chi connectivity index (χ4n) is 1.70. The van der Waals surface area contributed by atoms with E-state index < -0.39 is 9.84 Å². The maximum absolute atomic E-state index is 12.0. The third-order valence-electron chi connectivity index (χ3n) is 2.67. The highest BCUT2D eigenvalue weighted by molar-refractivity contribution is 7.99. The molecule has 0 amide bonds. The van der Waals surface area contributed by atoms with Crippen molar-refractivity contribution in [2.24, 2.45) is 0 Å². The first kappa shape index (κ1) is 14.2. The highest BCUT2D eigenvalue weighted by atomic mass is 32.2. The van der Waals surface area contributed by atoms with Crippen LogP contribution in [0.3, 0.4) is 0 Å². The highest BCUT2D eigenvalue weighted by Crippen LogP contribution is 2.19. The molecule has 0 radical (unpaired) electrons. The van der Waals surface area contributed by atoms with Crippen molar-refractivity contribution < 1.29 is 8.42 Å². The summed E-state index contributed by atoms with van der Waals surface area (Å²) in [5, 5.41) is 0. The van der Waals surface area contributed by atoms with E-state index in [4.69, 9.17) is 0 Å². The Morgan fingerprint density at radius 2 is 1.42 bits per heavy atom. The zero-order chi connectivity index (χ0) is 13.6. The summed E-state index contributed by atoms with van der Waals surface area (Å²) in [7, 11) is -3.13. The van der Waals surface area contributed by atoms with Crippen LogP contribution in [0, 0.1) is 0 Å². The predicted octanol–water partition coefficient (Wildman–Crippen LogP) is 3.64. The topological polar surface area (TPSA) is 34.1 Å². The first-order chi connectivity index (χ1) is 9.18. The van der Waals surface area contributed by atoms with Crippen molar-refractivity contribution in [3.63, 3.8) is 0 Å². The largest absolute Gasteiger partial charge is 0.224 e.